The third-order valence-corrected chi connectivity index (χ3v) is 5.45. The average Bonchev–Trinajstić information content (AvgIpc) is 2.97. The third kappa shape index (κ3) is 3.53. The van der Waals surface area contributed by atoms with Crippen LogP contribution in [0.3, 0.4) is 0 Å². The number of imidazole rings is 1. The van der Waals surface area contributed by atoms with Gasteiger partial charge in [-0.15, -0.1) is 0 Å². The van der Waals surface area contributed by atoms with E-state index in [1.807, 2.05) is 23.1 Å². The molecule has 5 nitrogen and oxygen atoms in total. The smallest absolute Gasteiger partial charge is 0.233 e. The molecular weight excluding hydrogens is 310 g/mol. The van der Waals surface area contributed by atoms with Crippen molar-refractivity contribution in [2.24, 2.45) is 5.92 Å². The van der Waals surface area contributed by atoms with Gasteiger partial charge in [0.1, 0.15) is 0 Å². The van der Waals surface area contributed by atoms with Crippen LogP contribution in [0.1, 0.15) is 19.8 Å². The SMILES string of the molecule is CCn1c(SCC(=O)N2CCC(CO)CC2)nc2ccccc21. The van der Waals surface area contributed by atoms with E-state index in [0.29, 0.717) is 11.7 Å². The molecule has 0 bridgehead atoms. The van der Waals surface area contributed by atoms with Crippen LogP contribution in [0.5, 0.6) is 0 Å². The number of aliphatic hydroxyl groups is 1. The van der Waals surface area contributed by atoms with Crippen molar-refractivity contribution in [1.29, 1.82) is 0 Å². The number of hydrogen-bond acceptors (Lipinski definition) is 4. The molecule has 1 aromatic heterocycles. The van der Waals surface area contributed by atoms with E-state index in [4.69, 9.17) is 0 Å². The molecule has 1 N–H and O–H groups in total. The maximum absolute atomic E-state index is 12.4. The third-order valence-electron chi connectivity index (χ3n) is 4.49. The number of thioether (sulfide) groups is 1. The molecule has 1 saturated heterocycles. The van der Waals surface area contributed by atoms with E-state index in [2.05, 4.69) is 22.5 Å². The Labute approximate surface area is 140 Å². The van der Waals surface area contributed by atoms with Gasteiger partial charge in [0.25, 0.3) is 0 Å². The largest absolute Gasteiger partial charge is 0.396 e. The average molecular weight is 333 g/mol. The minimum Gasteiger partial charge on any atom is -0.396 e. The van der Waals surface area contributed by atoms with Crippen LogP contribution in [0.4, 0.5) is 0 Å². The van der Waals surface area contributed by atoms with E-state index in [-0.39, 0.29) is 12.5 Å². The summed E-state index contributed by atoms with van der Waals surface area (Å²) >= 11 is 1.52. The molecule has 1 amide bonds. The lowest BCUT2D eigenvalue weighted by molar-refractivity contribution is -0.129. The number of benzene rings is 1. The molecule has 0 radical (unpaired) electrons. The lowest BCUT2D eigenvalue weighted by Gasteiger charge is -2.31. The molecule has 1 aromatic carbocycles. The van der Waals surface area contributed by atoms with Crippen molar-refractivity contribution in [1.82, 2.24) is 14.5 Å². The number of fused-ring (bicyclic) bond motifs is 1. The second-order valence-electron chi connectivity index (χ2n) is 5.92. The van der Waals surface area contributed by atoms with Gasteiger partial charge in [-0.2, -0.15) is 0 Å². The Balaban J connectivity index is 1.63. The van der Waals surface area contributed by atoms with Crippen molar-refractivity contribution in [3.63, 3.8) is 0 Å². The summed E-state index contributed by atoms with van der Waals surface area (Å²) in [5.74, 6) is 0.949. The van der Waals surface area contributed by atoms with Crippen LogP contribution in [0.2, 0.25) is 0 Å². The molecule has 6 heteroatoms. The number of carbonyl (C=O) groups is 1. The Morgan fingerprint density at radius 3 is 2.78 bits per heavy atom. The van der Waals surface area contributed by atoms with Gasteiger partial charge in [0, 0.05) is 26.2 Å². The zero-order chi connectivity index (χ0) is 16.2. The number of para-hydroxylation sites is 2. The quantitative estimate of drug-likeness (QED) is 0.854. The number of amides is 1. The van der Waals surface area contributed by atoms with Crippen molar-refractivity contribution >= 4 is 28.7 Å². The Morgan fingerprint density at radius 2 is 2.09 bits per heavy atom. The highest BCUT2D eigenvalue weighted by Crippen LogP contribution is 2.25. The zero-order valence-corrected chi connectivity index (χ0v) is 14.3. The van der Waals surface area contributed by atoms with Gasteiger partial charge in [-0.1, -0.05) is 23.9 Å². The molecule has 1 aliphatic rings. The summed E-state index contributed by atoms with van der Waals surface area (Å²) in [5, 5.41) is 10.1. The first kappa shape index (κ1) is 16.3. The normalized spacial score (nSPS) is 16.2. The van der Waals surface area contributed by atoms with Crippen LogP contribution in [0.25, 0.3) is 11.0 Å². The van der Waals surface area contributed by atoms with Gasteiger partial charge in [-0.25, -0.2) is 4.98 Å². The Hall–Kier alpha value is -1.53. The number of rotatable bonds is 5. The number of nitrogens with zero attached hydrogens (tertiary/aromatic N) is 3. The molecule has 2 heterocycles. The van der Waals surface area contributed by atoms with E-state index in [1.54, 1.807) is 0 Å². The van der Waals surface area contributed by atoms with Gasteiger partial charge in [0.05, 0.1) is 16.8 Å². The molecule has 0 spiro atoms. The predicted molar refractivity (Wildman–Crippen MR) is 92.5 cm³/mol. The summed E-state index contributed by atoms with van der Waals surface area (Å²) < 4.78 is 2.16. The molecular formula is C17H23N3O2S. The Kier molecular flexibility index (Phi) is 5.23. The first-order valence-electron chi connectivity index (χ1n) is 8.19. The summed E-state index contributed by atoms with van der Waals surface area (Å²) in [6, 6.07) is 8.08. The van der Waals surface area contributed by atoms with Gasteiger partial charge in [-0.3, -0.25) is 4.79 Å². The minimum atomic E-state index is 0.168. The van der Waals surface area contributed by atoms with Gasteiger partial charge < -0.3 is 14.6 Å². The number of aromatic nitrogens is 2. The Bertz CT molecular complexity index is 678. The molecule has 124 valence electrons. The highest BCUT2D eigenvalue weighted by atomic mass is 32.2. The molecule has 2 aromatic rings. The standard InChI is InChI=1S/C17H23N3O2S/c1-2-20-15-6-4-3-5-14(15)18-17(20)23-12-16(22)19-9-7-13(11-21)8-10-19/h3-6,13,21H,2,7-12H2,1H3. The first-order chi connectivity index (χ1) is 11.2. The van der Waals surface area contributed by atoms with Gasteiger partial charge in [-0.05, 0) is 37.8 Å². The lowest BCUT2D eigenvalue weighted by Crippen LogP contribution is -2.40. The van der Waals surface area contributed by atoms with Gasteiger partial charge in [0.15, 0.2) is 5.16 Å². The molecule has 0 atom stereocenters. The molecule has 0 unspecified atom stereocenters. The summed E-state index contributed by atoms with van der Waals surface area (Å²) in [6.07, 6.45) is 1.81. The van der Waals surface area contributed by atoms with Crippen LogP contribution in [0, 0.1) is 5.92 Å². The maximum Gasteiger partial charge on any atom is 0.233 e. The van der Waals surface area contributed by atoms with E-state index >= 15 is 0 Å². The second-order valence-corrected chi connectivity index (χ2v) is 6.87. The predicted octanol–water partition coefficient (Wildman–Crippen LogP) is 2.38. The van der Waals surface area contributed by atoms with E-state index < -0.39 is 0 Å². The van der Waals surface area contributed by atoms with E-state index in [1.165, 1.54) is 11.8 Å². The molecule has 0 saturated carbocycles. The number of aliphatic hydroxyl groups excluding tert-OH is 1. The fourth-order valence-corrected chi connectivity index (χ4v) is 4.03. The van der Waals surface area contributed by atoms with Crippen molar-refractivity contribution in [2.45, 2.75) is 31.5 Å². The van der Waals surface area contributed by atoms with Gasteiger partial charge in [0.2, 0.25) is 5.91 Å². The highest BCUT2D eigenvalue weighted by Gasteiger charge is 2.22. The maximum atomic E-state index is 12.4. The first-order valence-corrected chi connectivity index (χ1v) is 9.18. The van der Waals surface area contributed by atoms with E-state index in [9.17, 15) is 9.90 Å². The van der Waals surface area contributed by atoms with Crippen molar-refractivity contribution in [3.8, 4) is 0 Å². The van der Waals surface area contributed by atoms with Crippen molar-refractivity contribution < 1.29 is 9.90 Å². The molecule has 3 rings (SSSR count). The van der Waals surface area contributed by atoms with E-state index in [0.717, 1.165) is 48.7 Å². The topological polar surface area (TPSA) is 58.4 Å². The highest BCUT2D eigenvalue weighted by molar-refractivity contribution is 7.99. The molecule has 0 aliphatic carbocycles. The molecule has 23 heavy (non-hydrogen) atoms. The van der Waals surface area contributed by atoms with Crippen molar-refractivity contribution in [3.05, 3.63) is 24.3 Å². The number of likely N-dealkylation sites (tertiary alicyclic amines) is 1. The van der Waals surface area contributed by atoms with Crippen LogP contribution < -0.4 is 0 Å². The Morgan fingerprint density at radius 1 is 1.35 bits per heavy atom. The monoisotopic (exact) mass is 333 g/mol. The van der Waals surface area contributed by atoms with Crippen molar-refractivity contribution in [2.75, 3.05) is 25.4 Å². The number of piperidine rings is 1. The van der Waals surface area contributed by atoms with Crippen LogP contribution in [0.15, 0.2) is 29.4 Å². The summed E-state index contributed by atoms with van der Waals surface area (Å²) in [4.78, 5) is 18.9. The summed E-state index contributed by atoms with van der Waals surface area (Å²) in [7, 11) is 0. The fraction of sp³-hybridized carbons (Fsp3) is 0.529. The number of hydrogen-bond donors (Lipinski definition) is 1. The molecule has 1 aliphatic heterocycles. The zero-order valence-electron chi connectivity index (χ0n) is 13.4. The van der Waals surface area contributed by atoms with Gasteiger partial charge >= 0.3 is 0 Å². The number of carbonyl (C=O) groups excluding carboxylic acids is 1. The summed E-state index contributed by atoms with van der Waals surface area (Å²) in [5.41, 5.74) is 2.10. The van der Waals surface area contributed by atoms with Crippen LogP contribution in [-0.4, -0.2) is 50.9 Å². The molecule has 1 fully saturated rings. The number of aryl methyl sites for hydroxylation is 1. The van der Waals surface area contributed by atoms with Crippen LogP contribution in [-0.2, 0) is 11.3 Å². The van der Waals surface area contributed by atoms with Crippen LogP contribution >= 0.6 is 11.8 Å². The summed E-state index contributed by atoms with van der Waals surface area (Å²) in [6.45, 7) is 4.69. The minimum absolute atomic E-state index is 0.168. The lowest BCUT2D eigenvalue weighted by atomic mass is 9.98. The second kappa shape index (κ2) is 7.36. The fourth-order valence-electron chi connectivity index (χ4n) is 3.05.